The summed E-state index contributed by atoms with van der Waals surface area (Å²) >= 11 is 0. The number of methoxy groups -OCH3 is 4. The molecule has 0 aromatic heterocycles. The smallest absolute Gasteiger partial charge is 0.334 e. The van der Waals surface area contributed by atoms with Crippen LogP contribution in [0.5, 0.6) is 0 Å². The highest BCUT2D eigenvalue weighted by atomic mass is 16.5. The van der Waals surface area contributed by atoms with Crippen molar-refractivity contribution >= 4 is 23.9 Å². The van der Waals surface area contributed by atoms with Gasteiger partial charge in [0.2, 0.25) is 0 Å². The van der Waals surface area contributed by atoms with Gasteiger partial charge < -0.3 is 18.9 Å². The van der Waals surface area contributed by atoms with Crippen molar-refractivity contribution in [2.24, 2.45) is 11.3 Å². The molecule has 1 saturated heterocycles. The van der Waals surface area contributed by atoms with Crippen molar-refractivity contribution in [2.75, 3.05) is 35.5 Å². The zero-order chi connectivity index (χ0) is 19.6. The van der Waals surface area contributed by atoms with Gasteiger partial charge in [-0.05, 0) is 19.9 Å². The molecular weight excluding hydrogens is 346 g/mol. The fourth-order valence-corrected chi connectivity index (χ4v) is 4.31. The summed E-state index contributed by atoms with van der Waals surface area (Å²) in [6.45, 7) is 0. The Balaban J connectivity index is 2.81. The number of carbonyl (C=O) groups is 4. The van der Waals surface area contributed by atoms with E-state index in [0.717, 1.165) is 14.2 Å². The second-order valence-corrected chi connectivity index (χ2v) is 6.20. The van der Waals surface area contributed by atoms with Crippen LogP contribution in [-0.4, -0.2) is 76.3 Å². The molecule has 0 N–H and O–H groups in total. The minimum absolute atomic E-state index is 0.00301. The number of esters is 4. The number of allylic oxidation sites excluding steroid dienone is 1. The number of likely N-dealkylation sites (N-methyl/N-ethyl adjacent to an activating group) is 1. The van der Waals surface area contributed by atoms with E-state index in [0.29, 0.717) is 12.8 Å². The van der Waals surface area contributed by atoms with E-state index in [1.807, 2.05) is 0 Å². The van der Waals surface area contributed by atoms with Crippen LogP contribution in [0.3, 0.4) is 0 Å². The molecule has 0 spiro atoms. The van der Waals surface area contributed by atoms with Crippen LogP contribution >= 0.6 is 0 Å². The lowest BCUT2D eigenvalue weighted by molar-refractivity contribution is -0.167. The van der Waals surface area contributed by atoms with Crippen molar-refractivity contribution in [1.29, 1.82) is 0 Å². The minimum Gasteiger partial charge on any atom is -0.469 e. The van der Waals surface area contributed by atoms with Crippen molar-refractivity contribution in [3.63, 3.8) is 0 Å². The number of fused-ring (bicyclic) bond motifs is 1. The maximum atomic E-state index is 13.0. The highest BCUT2D eigenvalue weighted by Gasteiger charge is 2.71. The van der Waals surface area contributed by atoms with Crippen LogP contribution in [0.15, 0.2) is 11.6 Å². The Morgan fingerprint density at radius 2 is 1.62 bits per heavy atom. The molecule has 26 heavy (non-hydrogen) atoms. The zero-order valence-electron chi connectivity index (χ0n) is 15.4. The second kappa shape index (κ2) is 7.45. The number of hydrogen-bond acceptors (Lipinski definition) is 9. The van der Waals surface area contributed by atoms with E-state index in [-0.39, 0.29) is 5.57 Å². The average molecular weight is 369 g/mol. The van der Waals surface area contributed by atoms with Crippen molar-refractivity contribution in [1.82, 2.24) is 4.90 Å². The molecule has 2 aliphatic rings. The first-order chi connectivity index (χ1) is 12.3. The van der Waals surface area contributed by atoms with Gasteiger partial charge in [-0.15, -0.1) is 0 Å². The van der Waals surface area contributed by atoms with Crippen LogP contribution in [0.25, 0.3) is 0 Å². The highest BCUT2D eigenvalue weighted by Crippen LogP contribution is 2.55. The lowest BCUT2D eigenvalue weighted by Gasteiger charge is -2.40. The summed E-state index contributed by atoms with van der Waals surface area (Å²) in [6.07, 6.45) is 2.47. The van der Waals surface area contributed by atoms with E-state index in [1.54, 1.807) is 18.0 Å². The molecule has 0 aromatic rings. The minimum atomic E-state index is -1.72. The van der Waals surface area contributed by atoms with Gasteiger partial charge in [-0.1, -0.05) is 6.08 Å². The Bertz CT molecular complexity index is 657. The first-order valence-electron chi connectivity index (χ1n) is 8.07. The molecule has 0 saturated carbocycles. The Morgan fingerprint density at radius 3 is 2.12 bits per heavy atom. The third-order valence-electron chi connectivity index (χ3n) is 5.32. The lowest BCUT2D eigenvalue weighted by Crippen LogP contribution is -2.54. The molecule has 1 aliphatic heterocycles. The van der Waals surface area contributed by atoms with Crippen LogP contribution in [0, 0.1) is 11.3 Å². The average Bonchev–Trinajstić information content (AvgIpc) is 2.95. The van der Waals surface area contributed by atoms with Crippen molar-refractivity contribution in [3.8, 4) is 0 Å². The van der Waals surface area contributed by atoms with Crippen molar-refractivity contribution in [2.45, 2.75) is 24.9 Å². The predicted octanol–water partition coefficient (Wildman–Crippen LogP) is -0.316. The summed E-state index contributed by atoms with van der Waals surface area (Å²) in [5.41, 5.74) is -1.72. The summed E-state index contributed by atoms with van der Waals surface area (Å²) in [7, 11) is 6.29. The molecule has 2 rings (SSSR count). The van der Waals surface area contributed by atoms with E-state index in [2.05, 4.69) is 0 Å². The summed E-state index contributed by atoms with van der Waals surface area (Å²) in [5.74, 6) is -4.38. The molecule has 4 atom stereocenters. The number of likely N-dealkylation sites (tertiary alicyclic amines) is 1. The van der Waals surface area contributed by atoms with Crippen molar-refractivity contribution < 1.29 is 38.1 Å². The Kier molecular flexibility index (Phi) is 5.70. The first kappa shape index (κ1) is 19.9. The predicted molar refractivity (Wildman–Crippen MR) is 86.6 cm³/mol. The largest absolute Gasteiger partial charge is 0.469 e. The molecule has 0 amide bonds. The van der Waals surface area contributed by atoms with E-state index in [9.17, 15) is 19.2 Å². The van der Waals surface area contributed by atoms with Crippen LogP contribution in [0.2, 0.25) is 0 Å². The molecule has 0 radical (unpaired) electrons. The summed E-state index contributed by atoms with van der Waals surface area (Å²) in [4.78, 5) is 52.1. The molecule has 1 fully saturated rings. The number of hydrogen-bond donors (Lipinski definition) is 0. The Hall–Kier alpha value is -2.42. The third-order valence-corrected chi connectivity index (χ3v) is 5.32. The third kappa shape index (κ3) is 2.57. The second-order valence-electron chi connectivity index (χ2n) is 6.20. The molecule has 9 heteroatoms. The topological polar surface area (TPSA) is 108 Å². The summed E-state index contributed by atoms with van der Waals surface area (Å²) in [6, 6.07) is -1.75. The monoisotopic (exact) mass is 369 g/mol. The van der Waals surface area contributed by atoms with E-state index < -0.39 is 47.3 Å². The molecular formula is C17H23NO8. The summed E-state index contributed by atoms with van der Waals surface area (Å²) < 4.78 is 19.5. The van der Waals surface area contributed by atoms with E-state index >= 15 is 0 Å². The number of nitrogens with zero attached hydrogens (tertiary/aromatic N) is 1. The van der Waals surface area contributed by atoms with Crippen LogP contribution < -0.4 is 0 Å². The van der Waals surface area contributed by atoms with Crippen molar-refractivity contribution in [3.05, 3.63) is 11.6 Å². The van der Waals surface area contributed by atoms with Gasteiger partial charge in [-0.3, -0.25) is 19.3 Å². The maximum Gasteiger partial charge on any atom is 0.334 e. The molecule has 0 aromatic carbocycles. The normalized spacial score (nSPS) is 30.7. The summed E-state index contributed by atoms with van der Waals surface area (Å²) in [5, 5.41) is 0. The van der Waals surface area contributed by atoms with Crippen LogP contribution in [0.4, 0.5) is 0 Å². The molecule has 9 nitrogen and oxygen atoms in total. The van der Waals surface area contributed by atoms with E-state index in [4.69, 9.17) is 18.9 Å². The Labute approximate surface area is 151 Å². The lowest BCUT2D eigenvalue weighted by atomic mass is 9.62. The van der Waals surface area contributed by atoms with Crippen LogP contribution in [-0.2, 0) is 38.1 Å². The fraction of sp³-hybridized carbons (Fsp3) is 0.647. The quantitative estimate of drug-likeness (QED) is 0.487. The molecule has 144 valence electrons. The molecule has 1 aliphatic carbocycles. The number of ether oxygens (including phenoxy) is 4. The standard InChI is InChI=1S/C17H23NO8/c1-18-10-8-6-7-9(13(19)23-2)17(10,16(22)26-5)11(14(20)24-3)12(18)15(21)25-4/h7,10-12H,6,8H2,1-5H3/t10-,11+,12-,17+/m0/s1. The molecule has 1 heterocycles. The number of rotatable bonds is 4. The molecule has 0 unspecified atom stereocenters. The SMILES string of the molecule is COC(=O)C1=CCC[C@@H]2N(C)[C@H](C(=O)OC)[C@H](C(=O)OC)[C@@]12C(=O)OC. The maximum absolute atomic E-state index is 13.0. The van der Waals surface area contributed by atoms with Gasteiger partial charge in [0.1, 0.15) is 17.4 Å². The van der Waals surface area contributed by atoms with Gasteiger partial charge in [-0.2, -0.15) is 0 Å². The van der Waals surface area contributed by atoms with Gasteiger partial charge in [0.15, 0.2) is 0 Å². The number of carbonyl (C=O) groups excluding carboxylic acids is 4. The zero-order valence-corrected chi connectivity index (χ0v) is 15.4. The van der Waals surface area contributed by atoms with Gasteiger partial charge in [-0.25, -0.2) is 4.79 Å². The fourth-order valence-electron chi connectivity index (χ4n) is 4.31. The molecule has 0 bridgehead atoms. The van der Waals surface area contributed by atoms with Gasteiger partial charge in [0, 0.05) is 6.04 Å². The van der Waals surface area contributed by atoms with Gasteiger partial charge in [0.25, 0.3) is 0 Å². The van der Waals surface area contributed by atoms with E-state index in [1.165, 1.54) is 14.2 Å². The first-order valence-corrected chi connectivity index (χ1v) is 8.07. The Morgan fingerprint density at radius 1 is 1.00 bits per heavy atom. The van der Waals surface area contributed by atoms with Gasteiger partial charge in [0.05, 0.1) is 34.0 Å². The van der Waals surface area contributed by atoms with Crippen LogP contribution in [0.1, 0.15) is 12.8 Å². The van der Waals surface area contributed by atoms with Gasteiger partial charge >= 0.3 is 23.9 Å². The highest BCUT2D eigenvalue weighted by molar-refractivity contribution is 6.04.